The number of para-hydroxylation sites is 1. The Balaban J connectivity index is 0.00000187. The molecule has 1 aliphatic rings. The lowest BCUT2D eigenvalue weighted by atomic mass is 9.77. The lowest BCUT2D eigenvalue weighted by Crippen LogP contribution is -2.49. The molecule has 1 aromatic heterocycles. The van der Waals surface area contributed by atoms with Gasteiger partial charge >= 0.3 is 0 Å². The molecule has 33 heavy (non-hydrogen) atoms. The van der Waals surface area contributed by atoms with Crippen LogP contribution in [-0.4, -0.2) is 29.4 Å². The van der Waals surface area contributed by atoms with Crippen LogP contribution in [0.5, 0.6) is 0 Å². The summed E-state index contributed by atoms with van der Waals surface area (Å²) >= 11 is 0. The number of amidine groups is 1. The Morgan fingerprint density at radius 2 is 2.03 bits per heavy atom. The number of hydrogen-bond acceptors (Lipinski definition) is 7. The molecule has 0 atom stereocenters. The summed E-state index contributed by atoms with van der Waals surface area (Å²) in [4.78, 5) is 17.6. The van der Waals surface area contributed by atoms with Crippen molar-refractivity contribution in [3.8, 4) is 6.07 Å². The first-order chi connectivity index (χ1) is 15.9. The molecule has 1 aliphatic carbocycles. The third kappa shape index (κ3) is 7.10. The van der Waals surface area contributed by atoms with Gasteiger partial charge < -0.3 is 16.0 Å². The van der Waals surface area contributed by atoms with Crippen LogP contribution in [0.3, 0.4) is 0 Å². The zero-order valence-corrected chi connectivity index (χ0v) is 19.0. The van der Waals surface area contributed by atoms with E-state index >= 15 is 0 Å². The smallest absolute Gasteiger partial charge is 0.214 e. The summed E-state index contributed by atoms with van der Waals surface area (Å²) in [5, 5.41) is 12.9. The van der Waals surface area contributed by atoms with Gasteiger partial charge in [-0.1, -0.05) is 23.8 Å². The van der Waals surface area contributed by atoms with Gasteiger partial charge in [0.2, 0.25) is 5.95 Å². The van der Waals surface area contributed by atoms with Gasteiger partial charge in [0, 0.05) is 48.4 Å². The molecule has 0 spiro atoms. The van der Waals surface area contributed by atoms with E-state index in [0.29, 0.717) is 24.0 Å². The van der Waals surface area contributed by atoms with Crippen molar-refractivity contribution in [1.82, 2.24) is 10.3 Å². The first-order valence-electron chi connectivity index (χ1n) is 10.7. The second-order valence-corrected chi connectivity index (χ2v) is 8.10. The standard InChI is InChI=1S/C24H29FN6.HNO/c1-18(23(27)30-19-10-15-28-22(25)16-19)17-29-24(13-14-26)11-8-21(9-12-24)31(2)20-6-4-3-5-7-20;1-2/h3-7,10,15-17,21,29H,8-9,11-13H2,1-2H3,(H2,27,28,30);1H/b18-17-;. The molecule has 2 aromatic rings. The number of nitriles is 1. The molecule has 0 saturated heterocycles. The number of aromatic nitrogens is 1. The van der Waals surface area contributed by atoms with E-state index in [1.165, 1.54) is 18.0 Å². The van der Waals surface area contributed by atoms with Gasteiger partial charge in [-0.05, 0) is 50.8 Å². The predicted octanol–water partition coefficient (Wildman–Crippen LogP) is 4.77. The number of nitrogens with zero attached hydrogens (tertiary/aromatic N) is 4. The van der Waals surface area contributed by atoms with Crippen LogP contribution in [0.2, 0.25) is 0 Å². The molecule has 1 saturated carbocycles. The van der Waals surface area contributed by atoms with E-state index < -0.39 is 5.95 Å². The minimum atomic E-state index is -0.598. The number of anilines is 1. The van der Waals surface area contributed by atoms with Gasteiger partial charge in [0.15, 0.2) is 0 Å². The van der Waals surface area contributed by atoms with Crippen molar-refractivity contribution in [2.75, 3.05) is 11.9 Å². The van der Waals surface area contributed by atoms with Crippen molar-refractivity contribution in [1.29, 1.82) is 10.9 Å². The summed E-state index contributed by atoms with van der Waals surface area (Å²) in [5.41, 5.74) is 12.7. The number of nitrogens with one attached hydrogen (secondary N) is 2. The van der Waals surface area contributed by atoms with E-state index in [1.807, 2.05) is 19.2 Å². The summed E-state index contributed by atoms with van der Waals surface area (Å²) in [6.07, 6.45) is 7.36. The fourth-order valence-electron chi connectivity index (χ4n) is 3.96. The number of nitroso groups, excluding NO2 is 1. The van der Waals surface area contributed by atoms with Gasteiger partial charge in [-0.15, -0.1) is 0 Å². The molecule has 1 heterocycles. The van der Waals surface area contributed by atoms with Crippen LogP contribution in [0.1, 0.15) is 39.0 Å². The maximum Gasteiger partial charge on any atom is 0.214 e. The van der Waals surface area contributed by atoms with Crippen LogP contribution in [0, 0.1) is 27.8 Å². The van der Waals surface area contributed by atoms with E-state index in [2.05, 4.69) is 63.2 Å². The molecule has 3 rings (SSSR count). The van der Waals surface area contributed by atoms with Gasteiger partial charge in [0.1, 0.15) is 5.84 Å². The second kappa shape index (κ2) is 12.3. The van der Waals surface area contributed by atoms with Crippen LogP contribution in [0.4, 0.5) is 15.8 Å². The monoisotopic (exact) mass is 451 g/mol. The van der Waals surface area contributed by atoms with Gasteiger partial charge in [-0.2, -0.15) is 14.6 Å². The predicted molar refractivity (Wildman–Crippen MR) is 129 cm³/mol. The minimum Gasteiger partial charge on any atom is -0.384 e. The third-order valence-corrected chi connectivity index (χ3v) is 6.00. The number of nitrogens with two attached hydrogens (primary N) is 1. The Kier molecular flexibility index (Phi) is 9.48. The molecule has 9 heteroatoms. The number of aliphatic imine (C=N–C) groups is 1. The Labute approximate surface area is 193 Å². The van der Waals surface area contributed by atoms with Crippen molar-refractivity contribution < 1.29 is 4.39 Å². The highest BCUT2D eigenvalue weighted by atomic mass is 19.1. The van der Waals surface area contributed by atoms with Crippen molar-refractivity contribution in [2.45, 2.75) is 50.6 Å². The largest absolute Gasteiger partial charge is 0.384 e. The fraction of sp³-hybridized carbons (Fsp3) is 0.375. The van der Waals surface area contributed by atoms with Crippen molar-refractivity contribution in [3.63, 3.8) is 0 Å². The molecule has 0 aliphatic heterocycles. The lowest BCUT2D eigenvalue weighted by Gasteiger charge is -2.42. The summed E-state index contributed by atoms with van der Waals surface area (Å²) in [6.45, 7) is 1.85. The van der Waals surface area contributed by atoms with E-state index in [-0.39, 0.29) is 5.54 Å². The maximum absolute atomic E-state index is 13.3. The zero-order valence-electron chi connectivity index (χ0n) is 19.0. The number of hydrogen-bond donors (Lipinski definition) is 3. The zero-order chi connectivity index (χ0) is 24.3. The molecule has 174 valence electrons. The Bertz CT molecular complexity index is 995. The van der Waals surface area contributed by atoms with E-state index in [0.717, 1.165) is 31.3 Å². The first kappa shape index (κ1) is 25.5. The molecule has 0 amide bonds. The number of halogens is 1. The van der Waals surface area contributed by atoms with Crippen LogP contribution >= 0.6 is 0 Å². The molecule has 1 fully saturated rings. The van der Waals surface area contributed by atoms with Gasteiger partial charge in [-0.3, -0.25) is 0 Å². The van der Waals surface area contributed by atoms with Gasteiger partial charge in [0.05, 0.1) is 18.2 Å². The second-order valence-electron chi connectivity index (χ2n) is 8.10. The number of rotatable bonds is 7. The van der Waals surface area contributed by atoms with Crippen LogP contribution in [0.15, 0.2) is 65.4 Å². The van der Waals surface area contributed by atoms with E-state index in [4.69, 9.17) is 10.6 Å². The SMILES string of the molecule is C/C(=C/NC1(CC#N)CCC(N(C)c2ccccc2)CC1)C(N)=Nc1ccnc(F)c1.N=O. The Morgan fingerprint density at radius 3 is 2.64 bits per heavy atom. The Morgan fingerprint density at radius 1 is 1.36 bits per heavy atom. The number of pyridine rings is 1. The van der Waals surface area contributed by atoms with Crippen molar-refractivity contribution in [2.24, 2.45) is 10.7 Å². The molecule has 0 bridgehead atoms. The lowest BCUT2D eigenvalue weighted by molar-refractivity contribution is 0.239. The van der Waals surface area contributed by atoms with Crippen LogP contribution in [-0.2, 0) is 0 Å². The van der Waals surface area contributed by atoms with E-state index in [1.54, 1.807) is 6.07 Å². The molecule has 4 N–H and O–H groups in total. The Hall–Kier alpha value is -3.80. The fourth-order valence-corrected chi connectivity index (χ4v) is 3.96. The topological polar surface area (TPSA) is 131 Å². The molecule has 8 nitrogen and oxygen atoms in total. The van der Waals surface area contributed by atoms with Crippen LogP contribution in [0.25, 0.3) is 0 Å². The van der Waals surface area contributed by atoms with Crippen molar-refractivity contribution in [3.05, 3.63) is 71.3 Å². The minimum absolute atomic E-state index is 0.285. The summed E-state index contributed by atoms with van der Waals surface area (Å²) < 4.78 is 13.3. The molecule has 0 radical (unpaired) electrons. The molecular formula is C24H30FN7O. The highest BCUT2D eigenvalue weighted by molar-refractivity contribution is 5.97. The first-order valence-corrected chi connectivity index (χ1v) is 10.7. The number of benzene rings is 1. The summed E-state index contributed by atoms with van der Waals surface area (Å²) in [6, 6.07) is 16.0. The molecule has 0 unspecified atom stereocenters. The highest BCUT2D eigenvalue weighted by Crippen LogP contribution is 2.34. The normalized spacial score (nSPS) is 20.7. The van der Waals surface area contributed by atoms with Crippen molar-refractivity contribution >= 4 is 17.2 Å². The van der Waals surface area contributed by atoms with Crippen LogP contribution < -0.4 is 16.0 Å². The molecular weight excluding hydrogens is 421 g/mol. The maximum atomic E-state index is 13.3. The summed E-state index contributed by atoms with van der Waals surface area (Å²) in [7, 11) is 2.13. The average molecular weight is 452 g/mol. The highest BCUT2D eigenvalue weighted by Gasteiger charge is 2.35. The quantitative estimate of drug-likeness (QED) is 0.241. The van der Waals surface area contributed by atoms with Gasteiger partial charge in [-0.25, -0.2) is 9.98 Å². The van der Waals surface area contributed by atoms with Gasteiger partial charge in [0.25, 0.3) is 0 Å². The molecule has 1 aromatic carbocycles. The van der Waals surface area contributed by atoms with E-state index in [9.17, 15) is 9.65 Å². The summed E-state index contributed by atoms with van der Waals surface area (Å²) in [5.74, 6) is -0.304. The third-order valence-electron chi connectivity index (χ3n) is 6.00. The average Bonchev–Trinajstić information content (AvgIpc) is 2.84.